The van der Waals surface area contributed by atoms with Gasteiger partial charge in [-0.15, -0.1) is 11.3 Å². The van der Waals surface area contributed by atoms with Gasteiger partial charge in [0.15, 0.2) is 5.76 Å². The number of hydrogen-bond donors (Lipinski definition) is 3. The fourth-order valence-electron chi connectivity index (χ4n) is 3.78. The number of carbonyl (C=O) groups excluding carboxylic acids is 1. The Bertz CT molecular complexity index is 1010. The van der Waals surface area contributed by atoms with E-state index in [1.165, 1.54) is 15.8 Å². The lowest BCUT2D eigenvalue weighted by molar-refractivity contribution is -0.146. The third kappa shape index (κ3) is 5.55. The van der Waals surface area contributed by atoms with Crippen molar-refractivity contribution in [2.24, 2.45) is 0 Å². The summed E-state index contributed by atoms with van der Waals surface area (Å²) in [6.45, 7) is 1.17. The zero-order valence-electron chi connectivity index (χ0n) is 17.4. The summed E-state index contributed by atoms with van der Waals surface area (Å²) in [5, 5.41) is 15.1. The molecule has 1 aromatic carbocycles. The Morgan fingerprint density at radius 2 is 2.16 bits per heavy atom. The lowest BCUT2D eigenvalue weighted by Gasteiger charge is -2.28. The molecule has 0 fully saturated rings. The molecular formula is C24H28N2O4S. The Kier molecular flexibility index (Phi) is 7.40. The van der Waals surface area contributed by atoms with Crippen molar-refractivity contribution in [3.8, 4) is 0 Å². The van der Waals surface area contributed by atoms with Crippen molar-refractivity contribution >= 4 is 28.1 Å². The van der Waals surface area contributed by atoms with E-state index in [0.29, 0.717) is 31.8 Å². The second-order valence-corrected chi connectivity index (χ2v) is 8.58. The summed E-state index contributed by atoms with van der Waals surface area (Å²) >= 11 is 1.67. The number of hydrogen-bond acceptors (Lipinski definition) is 5. The van der Waals surface area contributed by atoms with Crippen molar-refractivity contribution in [3.05, 3.63) is 70.3 Å². The molecule has 7 heteroatoms. The molecule has 0 spiro atoms. The van der Waals surface area contributed by atoms with Gasteiger partial charge in [0.2, 0.25) is 6.29 Å². The van der Waals surface area contributed by atoms with E-state index in [9.17, 15) is 4.79 Å². The van der Waals surface area contributed by atoms with E-state index in [4.69, 9.17) is 14.6 Å². The molecule has 31 heavy (non-hydrogen) atoms. The largest absolute Gasteiger partial charge is 0.459 e. The fraction of sp³-hybridized carbons (Fsp3) is 0.375. The molecule has 1 aliphatic rings. The molecule has 1 amide bonds. The molecule has 2 atom stereocenters. The normalized spacial score (nSPS) is 18.5. The monoisotopic (exact) mass is 440 g/mol. The van der Waals surface area contributed by atoms with E-state index >= 15 is 0 Å². The summed E-state index contributed by atoms with van der Waals surface area (Å²) in [6.07, 6.45) is 6.29. The number of aromatic amines is 1. The first-order valence-electron chi connectivity index (χ1n) is 10.7. The SMILES string of the molecule is O=C(NCCc1c[nH]c2ccccc12)C1=C[C@@H](c2cccs2)C[C@@H](OCCCCO)O1. The van der Waals surface area contributed by atoms with Gasteiger partial charge in [0.05, 0.1) is 6.61 Å². The van der Waals surface area contributed by atoms with Crippen molar-refractivity contribution < 1.29 is 19.4 Å². The number of aliphatic hydroxyl groups excluding tert-OH is 1. The summed E-state index contributed by atoms with van der Waals surface area (Å²) in [4.78, 5) is 17.3. The molecule has 3 aromatic rings. The number of nitrogens with one attached hydrogen (secondary N) is 2. The number of amides is 1. The maximum absolute atomic E-state index is 12.8. The van der Waals surface area contributed by atoms with Crippen LogP contribution in [0.3, 0.4) is 0 Å². The number of fused-ring (bicyclic) bond motifs is 1. The van der Waals surface area contributed by atoms with Gasteiger partial charge in [-0.1, -0.05) is 24.3 Å². The summed E-state index contributed by atoms with van der Waals surface area (Å²) in [5.74, 6) is 0.187. The van der Waals surface area contributed by atoms with Gasteiger partial charge in [-0.25, -0.2) is 0 Å². The number of ether oxygens (including phenoxy) is 2. The molecule has 4 rings (SSSR count). The lowest BCUT2D eigenvalue weighted by Crippen LogP contribution is -2.33. The van der Waals surface area contributed by atoms with E-state index in [2.05, 4.69) is 22.4 Å². The number of rotatable bonds is 10. The van der Waals surface area contributed by atoms with E-state index in [1.54, 1.807) is 11.3 Å². The fourth-order valence-corrected chi connectivity index (χ4v) is 4.59. The minimum absolute atomic E-state index is 0.0889. The van der Waals surface area contributed by atoms with Crippen LogP contribution in [0, 0.1) is 0 Å². The van der Waals surface area contributed by atoms with E-state index < -0.39 is 6.29 Å². The van der Waals surface area contributed by atoms with Crippen molar-refractivity contribution in [2.45, 2.75) is 37.9 Å². The molecule has 0 saturated heterocycles. The van der Waals surface area contributed by atoms with Crippen LogP contribution in [0.25, 0.3) is 10.9 Å². The number of H-pyrrole nitrogens is 1. The highest BCUT2D eigenvalue weighted by molar-refractivity contribution is 7.10. The van der Waals surface area contributed by atoms with Crippen molar-refractivity contribution in [1.82, 2.24) is 10.3 Å². The van der Waals surface area contributed by atoms with E-state index in [-0.39, 0.29) is 18.4 Å². The average Bonchev–Trinajstić information content (AvgIpc) is 3.47. The van der Waals surface area contributed by atoms with Gasteiger partial charge >= 0.3 is 0 Å². The Hall–Kier alpha value is -2.61. The molecule has 3 heterocycles. The molecule has 1 aliphatic heterocycles. The van der Waals surface area contributed by atoms with Gasteiger partial charge in [-0.2, -0.15) is 0 Å². The number of unbranched alkanes of at least 4 members (excludes halogenated alkanes) is 1. The highest BCUT2D eigenvalue weighted by Crippen LogP contribution is 2.33. The molecule has 0 radical (unpaired) electrons. The molecule has 2 aromatic heterocycles. The molecular weight excluding hydrogens is 412 g/mol. The third-order valence-corrected chi connectivity index (χ3v) is 6.41. The Morgan fingerprint density at radius 1 is 1.26 bits per heavy atom. The molecule has 6 nitrogen and oxygen atoms in total. The average molecular weight is 441 g/mol. The number of thiophene rings is 1. The first-order valence-corrected chi connectivity index (χ1v) is 11.6. The molecule has 3 N–H and O–H groups in total. The van der Waals surface area contributed by atoms with Crippen LogP contribution < -0.4 is 5.32 Å². The van der Waals surface area contributed by atoms with Crippen molar-refractivity contribution in [1.29, 1.82) is 0 Å². The van der Waals surface area contributed by atoms with Crippen LogP contribution in [0.1, 0.15) is 35.6 Å². The highest BCUT2D eigenvalue weighted by Gasteiger charge is 2.29. The number of aliphatic hydroxyl groups is 1. The summed E-state index contributed by atoms with van der Waals surface area (Å²) in [5.41, 5.74) is 2.28. The van der Waals surface area contributed by atoms with Crippen molar-refractivity contribution in [2.75, 3.05) is 19.8 Å². The molecule has 0 saturated carbocycles. The third-order valence-electron chi connectivity index (χ3n) is 5.40. The second kappa shape index (κ2) is 10.6. The zero-order valence-corrected chi connectivity index (χ0v) is 18.2. The lowest BCUT2D eigenvalue weighted by atomic mass is 9.99. The first kappa shape index (κ1) is 21.6. The summed E-state index contributed by atoms with van der Waals surface area (Å²) in [7, 11) is 0. The van der Waals surface area contributed by atoms with Gasteiger partial charge in [-0.05, 0) is 48.4 Å². The Morgan fingerprint density at radius 3 is 3.00 bits per heavy atom. The Labute approximate surface area is 185 Å². The van der Waals surface area contributed by atoms with E-state index in [0.717, 1.165) is 18.4 Å². The standard InChI is InChI=1S/C24H28N2O4S/c27-11-3-4-12-29-23-15-18(22-8-5-13-31-22)14-21(30-23)24(28)25-10-9-17-16-26-20-7-2-1-6-19(17)20/h1-2,5-8,13-14,16,18,23,26-27H,3-4,9-12,15H2,(H,25,28)/t18-,23+/m1/s1. The topological polar surface area (TPSA) is 83.6 Å². The number of carbonyl (C=O) groups is 1. The smallest absolute Gasteiger partial charge is 0.286 e. The molecule has 0 bridgehead atoms. The van der Waals surface area contributed by atoms with Crippen LogP contribution in [0.15, 0.2) is 59.8 Å². The van der Waals surface area contributed by atoms with Gasteiger partial charge in [0.25, 0.3) is 5.91 Å². The van der Waals surface area contributed by atoms with Gasteiger partial charge < -0.3 is 24.9 Å². The highest BCUT2D eigenvalue weighted by atomic mass is 32.1. The zero-order chi connectivity index (χ0) is 21.5. The summed E-state index contributed by atoms with van der Waals surface area (Å²) < 4.78 is 11.7. The minimum Gasteiger partial charge on any atom is -0.459 e. The summed E-state index contributed by atoms with van der Waals surface area (Å²) in [6, 6.07) is 12.2. The van der Waals surface area contributed by atoms with Gasteiger partial charge in [0, 0.05) is 47.5 Å². The van der Waals surface area contributed by atoms with Crippen LogP contribution in [0.4, 0.5) is 0 Å². The van der Waals surface area contributed by atoms with Gasteiger partial charge in [-0.3, -0.25) is 4.79 Å². The van der Waals surface area contributed by atoms with E-state index in [1.807, 2.05) is 41.9 Å². The minimum atomic E-state index is -0.467. The van der Waals surface area contributed by atoms with Crippen LogP contribution in [0.2, 0.25) is 0 Å². The van der Waals surface area contributed by atoms with Crippen LogP contribution in [0.5, 0.6) is 0 Å². The maximum Gasteiger partial charge on any atom is 0.286 e. The second-order valence-electron chi connectivity index (χ2n) is 7.60. The maximum atomic E-state index is 12.8. The first-order chi connectivity index (χ1) is 15.2. The van der Waals surface area contributed by atoms with Crippen molar-refractivity contribution in [3.63, 3.8) is 0 Å². The quantitative estimate of drug-likeness (QED) is 0.415. The molecule has 0 unspecified atom stereocenters. The number of para-hydroxylation sites is 1. The van der Waals surface area contributed by atoms with Crippen LogP contribution >= 0.6 is 11.3 Å². The number of allylic oxidation sites excluding steroid dienone is 1. The Balaban J connectivity index is 1.37. The molecule has 0 aliphatic carbocycles. The van der Waals surface area contributed by atoms with Gasteiger partial charge in [0.1, 0.15) is 0 Å². The van der Waals surface area contributed by atoms with Crippen LogP contribution in [-0.4, -0.2) is 42.0 Å². The predicted octanol–water partition coefficient (Wildman–Crippen LogP) is 4.09. The van der Waals surface area contributed by atoms with Crippen LogP contribution in [-0.2, 0) is 20.7 Å². The number of aromatic nitrogens is 1. The number of benzene rings is 1. The molecule has 164 valence electrons. The predicted molar refractivity (Wildman–Crippen MR) is 122 cm³/mol.